The Kier molecular flexibility index (Phi) is 4.53. The summed E-state index contributed by atoms with van der Waals surface area (Å²) in [7, 11) is 2.16. The SMILES string of the molecule is CN(C/C=C/c1cccc2ccccc12)Cc1ccc2c(c1)CCO2. The molecule has 0 bridgehead atoms. The van der Waals surface area contributed by atoms with Crippen LogP contribution in [0.15, 0.2) is 66.7 Å². The topological polar surface area (TPSA) is 12.5 Å². The molecule has 0 spiro atoms. The summed E-state index contributed by atoms with van der Waals surface area (Å²) in [5.74, 6) is 1.06. The molecule has 4 rings (SSSR count). The minimum atomic E-state index is 0.822. The van der Waals surface area contributed by atoms with E-state index in [0.717, 1.165) is 31.9 Å². The molecular weight excluding hydrogens is 306 g/mol. The van der Waals surface area contributed by atoms with E-state index in [1.54, 1.807) is 0 Å². The van der Waals surface area contributed by atoms with Crippen molar-refractivity contribution in [3.05, 3.63) is 83.4 Å². The van der Waals surface area contributed by atoms with Gasteiger partial charge in [-0.1, -0.05) is 66.7 Å². The summed E-state index contributed by atoms with van der Waals surface area (Å²) in [6.07, 6.45) is 5.52. The van der Waals surface area contributed by atoms with Crippen molar-refractivity contribution in [2.75, 3.05) is 20.2 Å². The van der Waals surface area contributed by atoms with Gasteiger partial charge in [0.2, 0.25) is 0 Å². The molecule has 0 saturated heterocycles. The van der Waals surface area contributed by atoms with Gasteiger partial charge in [0.05, 0.1) is 6.61 Å². The Hall–Kier alpha value is -2.58. The third-order valence-corrected chi connectivity index (χ3v) is 4.74. The van der Waals surface area contributed by atoms with E-state index in [4.69, 9.17) is 4.74 Å². The summed E-state index contributed by atoms with van der Waals surface area (Å²) < 4.78 is 5.58. The second-order valence-corrected chi connectivity index (χ2v) is 6.71. The van der Waals surface area contributed by atoms with Crippen LogP contribution in [0.3, 0.4) is 0 Å². The van der Waals surface area contributed by atoms with Gasteiger partial charge in [-0.15, -0.1) is 0 Å². The van der Waals surface area contributed by atoms with Gasteiger partial charge in [0.1, 0.15) is 5.75 Å². The third kappa shape index (κ3) is 3.59. The van der Waals surface area contributed by atoms with Crippen molar-refractivity contribution >= 4 is 16.8 Å². The molecule has 0 fully saturated rings. The molecule has 3 aromatic carbocycles. The van der Waals surface area contributed by atoms with Crippen molar-refractivity contribution in [1.82, 2.24) is 4.90 Å². The number of likely N-dealkylation sites (N-methyl/N-ethyl adjacent to an activating group) is 1. The van der Waals surface area contributed by atoms with Crippen molar-refractivity contribution in [3.63, 3.8) is 0 Å². The first kappa shape index (κ1) is 15.9. The van der Waals surface area contributed by atoms with E-state index in [1.807, 2.05) is 0 Å². The van der Waals surface area contributed by atoms with E-state index in [-0.39, 0.29) is 0 Å². The summed E-state index contributed by atoms with van der Waals surface area (Å²) in [4.78, 5) is 2.33. The molecule has 0 saturated carbocycles. The van der Waals surface area contributed by atoms with Crippen LogP contribution in [0, 0.1) is 0 Å². The second-order valence-electron chi connectivity index (χ2n) is 6.71. The van der Waals surface area contributed by atoms with E-state index >= 15 is 0 Å². The smallest absolute Gasteiger partial charge is 0.122 e. The van der Waals surface area contributed by atoms with Crippen LogP contribution in [-0.4, -0.2) is 25.1 Å². The van der Waals surface area contributed by atoms with Gasteiger partial charge in [-0.25, -0.2) is 0 Å². The lowest BCUT2D eigenvalue weighted by Crippen LogP contribution is -2.17. The zero-order valence-electron chi connectivity index (χ0n) is 14.6. The Bertz CT molecular complexity index is 908. The van der Waals surface area contributed by atoms with Gasteiger partial charge < -0.3 is 4.74 Å². The molecule has 0 aliphatic carbocycles. The number of ether oxygens (including phenoxy) is 1. The molecular formula is C23H23NO. The maximum atomic E-state index is 5.58. The van der Waals surface area contributed by atoms with E-state index in [1.165, 1.54) is 27.5 Å². The average molecular weight is 329 g/mol. The molecule has 1 heterocycles. The Morgan fingerprint density at radius 1 is 1.04 bits per heavy atom. The first-order chi connectivity index (χ1) is 12.3. The molecule has 1 aliphatic heterocycles. The van der Waals surface area contributed by atoms with Gasteiger partial charge in [0.25, 0.3) is 0 Å². The van der Waals surface area contributed by atoms with E-state index in [2.05, 4.69) is 84.8 Å². The quantitative estimate of drug-likeness (QED) is 0.659. The Labute approximate surface area is 149 Å². The van der Waals surface area contributed by atoms with Gasteiger partial charge in [-0.05, 0) is 40.6 Å². The molecule has 0 radical (unpaired) electrons. The lowest BCUT2D eigenvalue weighted by Gasteiger charge is -2.15. The number of fused-ring (bicyclic) bond motifs is 2. The molecule has 25 heavy (non-hydrogen) atoms. The predicted molar refractivity (Wildman–Crippen MR) is 105 cm³/mol. The van der Waals surface area contributed by atoms with Crippen molar-refractivity contribution in [1.29, 1.82) is 0 Å². The van der Waals surface area contributed by atoms with Crippen LogP contribution in [0.2, 0.25) is 0 Å². The first-order valence-electron chi connectivity index (χ1n) is 8.87. The zero-order valence-corrected chi connectivity index (χ0v) is 14.6. The average Bonchev–Trinajstić information content (AvgIpc) is 3.10. The van der Waals surface area contributed by atoms with Crippen LogP contribution in [0.25, 0.3) is 16.8 Å². The zero-order chi connectivity index (χ0) is 17.1. The predicted octanol–water partition coefficient (Wildman–Crippen LogP) is 4.92. The molecule has 2 nitrogen and oxygen atoms in total. The number of hydrogen-bond donors (Lipinski definition) is 0. The minimum absolute atomic E-state index is 0.822. The van der Waals surface area contributed by atoms with E-state index in [0.29, 0.717) is 0 Å². The normalized spacial score (nSPS) is 13.5. The van der Waals surface area contributed by atoms with Crippen LogP contribution in [0.1, 0.15) is 16.7 Å². The molecule has 0 aromatic heterocycles. The number of rotatable bonds is 5. The van der Waals surface area contributed by atoms with Crippen LogP contribution < -0.4 is 4.74 Å². The van der Waals surface area contributed by atoms with Crippen molar-refractivity contribution < 1.29 is 4.74 Å². The fourth-order valence-electron chi connectivity index (χ4n) is 3.47. The molecule has 3 aromatic rings. The summed E-state index contributed by atoms with van der Waals surface area (Å²) in [6.45, 7) is 2.70. The van der Waals surface area contributed by atoms with E-state index in [9.17, 15) is 0 Å². The standard InChI is InChI=1S/C23H23NO/c1-24(17-18-11-12-23-21(16-18)13-15-25-23)14-5-9-20-8-4-7-19-6-2-3-10-22(19)20/h2-12,16H,13-15,17H2,1H3/b9-5+. The van der Waals surface area contributed by atoms with Crippen LogP contribution >= 0.6 is 0 Å². The lowest BCUT2D eigenvalue weighted by atomic mass is 10.0. The highest BCUT2D eigenvalue weighted by molar-refractivity contribution is 5.90. The van der Waals surface area contributed by atoms with Gasteiger partial charge in [0.15, 0.2) is 0 Å². The molecule has 2 heteroatoms. The summed E-state index contributed by atoms with van der Waals surface area (Å²) in [5.41, 5.74) is 3.98. The van der Waals surface area contributed by atoms with Crippen LogP contribution in [-0.2, 0) is 13.0 Å². The highest BCUT2D eigenvalue weighted by Crippen LogP contribution is 2.26. The maximum Gasteiger partial charge on any atom is 0.122 e. The molecule has 0 atom stereocenters. The van der Waals surface area contributed by atoms with Gasteiger partial charge in [-0.2, -0.15) is 0 Å². The van der Waals surface area contributed by atoms with Gasteiger partial charge in [-0.3, -0.25) is 4.90 Å². The first-order valence-corrected chi connectivity index (χ1v) is 8.87. The summed E-state index contributed by atoms with van der Waals surface area (Å²) >= 11 is 0. The van der Waals surface area contributed by atoms with Crippen LogP contribution in [0.4, 0.5) is 0 Å². The Morgan fingerprint density at radius 3 is 2.88 bits per heavy atom. The van der Waals surface area contributed by atoms with Gasteiger partial charge in [0, 0.05) is 19.5 Å². The monoisotopic (exact) mass is 329 g/mol. The van der Waals surface area contributed by atoms with Crippen molar-refractivity contribution in [2.45, 2.75) is 13.0 Å². The largest absolute Gasteiger partial charge is 0.493 e. The molecule has 0 unspecified atom stereocenters. The van der Waals surface area contributed by atoms with E-state index < -0.39 is 0 Å². The lowest BCUT2D eigenvalue weighted by molar-refractivity contribution is 0.356. The molecule has 0 N–H and O–H groups in total. The number of benzene rings is 3. The minimum Gasteiger partial charge on any atom is -0.493 e. The fourth-order valence-corrected chi connectivity index (χ4v) is 3.47. The molecule has 1 aliphatic rings. The summed E-state index contributed by atoms with van der Waals surface area (Å²) in [6, 6.07) is 21.6. The summed E-state index contributed by atoms with van der Waals surface area (Å²) in [5, 5.41) is 2.60. The van der Waals surface area contributed by atoms with Gasteiger partial charge >= 0.3 is 0 Å². The molecule has 126 valence electrons. The Morgan fingerprint density at radius 2 is 1.92 bits per heavy atom. The Balaban J connectivity index is 1.41. The maximum absolute atomic E-state index is 5.58. The number of hydrogen-bond acceptors (Lipinski definition) is 2. The van der Waals surface area contributed by atoms with Crippen molar-refractivity contribution in [2.24, 2.45) is 0 Å². The number of nitrogens with zero attached hydrogens (tertiary/aromatic N) is 1. The van der Waals surface area contributed by atoms with Crippen LogP contribution in [0.5, 0.6) is 5.75 Å². The fraction of sp³-hybridized carbons (Fsp3) is 0.217. The van der Waals surface area contributed by atoms with Crippen molar-refractivity contribution in [3.8, 4) is 5.75 Å². The second kappa shape index (κ2) is 7.12. The highest BCUT2D eigenvalue weighted by Gasteiger charge is 2.12. The molecule has 0 amide bonds. The third-order valence-electron chi connectivity index (χ3n) is 4.74. The highest BCUT2D eigenvalue weighted by atomic mass is 16.5.